The van der Waals surface area contributed by atoms with Gasteiger partial charge < -0.3 is 15.3 Å². The fourth-order valence-electron chi connectivity index (χ4n) is 2.78. The summed E-state index contributed by atoms with van der Waals surface area (Å²) in [4.78, 5) is 13.9. The molecule has 20 heavy (non-hydrogen) atoms. The van der Waals surface area contributed by atoms with Crippen LogP contribution in [0.15, 0.2) is 24.3 Å². The minimum atomic E-state index is -0.832. The first-order chi connectivity index (χ1) is 9.53. The minimum Gasteiger partial charge on any atom is -0.480 e. The van der Waals surface area contributed by atoms with Crippen molar-refractivity contribution in [3.05, 3.63) is 29.8 Å². The molecule has 1 aliphatic rings. The van der Waals surface area contributed by atoms with Crippen LogP contribution in [-0.4, -0.2) is 36.8 Å². The Morgan fingerprint density at radius 1 is 1.40 bits per heavy atom. The molecule has 1 fully saturated rings. The third-order valence-corrected chi connectivity index (χ3v) is 4.32. The minimum absolute atomic E-state index is 0.240. The Hall–Kier alpha value is -1.55. The van der Waals surface area contributed by atoms with Gasteiger partial charge in [-0.15, -0.1) is 0 Å². The maximum absolute atomic E-state index is 11.8. The number of rotatable bonds is 7. The molecule has 2 rings (SSSR count). The van der Waals surface area contributed by atoms with Gasteiger partial charge in [0.15, 0.2) is 0 Å². The van der Waals surface area contributed by atoms with Gasteiger partial charge in [0.05, 0.1) is 0 Å². The number of carboxylic acids is 1. The van der Waals surface area contributed by atoms with Crippen LogP contribution in [0.4, 0.5) is 5.69 Å². The molecule has 110 valence electrons. The van der Waals surface area contributed by atoms with Crippen molar-refractivity contribution in [3.63, 3.8) is 0 Å². The molecule has 4 heteroatoms. The highest BCUT2D eigenvalue weighted by atomic mass is 16.4. The van der Waals surface area contributed by atoms with Gasteiger partial charge in [-0.3, -0.25) is 4.79 Å². The summed E-state index contributed by atoms with van der Waals surface area (Å²) < 4.78 is 0. The number of aryl methyl sites for hydroxylation is 1. The van der Waals surface area contributed by atoms with E-state index in [1.165, 1.54) is 5.56 Å². The fraction of sp³-hybridized carbons (Fsp3) is 0.562. The zero-order chi connectivity index (χ0) is 14.8. The Morgan fingerprint density at radius 2 is 2.00 bits per heavy atom. The van der Waals surface area contributed by atoms with Crippen molar-refractivity contribution < 1.29 is 9.90 Å². The van der Waals surface area contributed by atoms with Crippen molar-refractivity contribution in [1.29, 1.82) is 0 Å². The molecule has 0 radical (unpaired) electrons. The highest BCUT2D eigenvalue weighted by Gasteiger charge is 2.51. The Labute approximate surface area is 120 Å². The van der Waals surface area contributed by atoms with E-state index in [4.69, 9.17) is 0 Å². The second-order valence-corrected chi connectivity index (χ2v) is 5.65. The summed E-state index contributed by atoms with van der Waals surface area (Å²) >= 11 is 0. The number of benzene rings is 1. The molecule has 1 aromatic rings. The molecule has 4 nitrogen and oxygen atoms in total. The number of hydrogen-bond acceptors (Lipinski definition) is 3. The van der Waals surface area contributed by atoms with E-state index in [1.54, 1.807) is 7.05 Å². The summed E-state index contributed by atoms with van der Waals surface area (Å²) in [7, 11) is 1.76. The van der Waals surface area contributed by atoms with E-state index >= 15 is 0 Å². The molecule has 0 aliphatic heterocycles. The molecule has 0 spiro atoms. The molecular weight excluding hydrogens is 252 g/mol. The number of nitrogens with zero attached hydrogens (tertiary/aromatic N) is 1. The van der Waals surface area contributed by atoms with E-state index < -0.39 is 11.5 Å². The fourth-order valence-corrected chi connectivity index (χ4v) is 2.78. The smallest absolute Gasteiger partial charge is 0.326 e. The molecule has 0 aromatic heterocycles. The average molecular weight is 276 g/mol. The third-order valence-electron chi connectivity index (χ3n) is 4.32. The molecular formula is C16H24N2O2. The molecule has 2 N–H and O–H groups in total. The first-order valence-corrected chi connectivity index (χ1v) is 7.27. The standard InChI is InChI=1S/C16H24N2O2/c1-4-18(14-9-5-12(2)6-10-14)11-16(17-3,15(19)20)13-7-8-13/h5-6,9-10,13,17H,4,7-8,11H2,1-3H3,(H,19,20). The second-order valence-electron chi connectivity index (χ2n) is 5.65. The van der Waals surface area contributed by atoms with E-state index in [9.17, 15) is 9.90 Å². The summed E-state index contributed by atoms with van der Waals surface area (Å²) in [6, 6.07) is 8.26. The molecule has 0 amide bonds. The summed E-state index contributed by atoms with van der Waals surface area (Å²) in [6.45, 7) is 5.42. The Kier molecular flexibility index (Phi) is 4.33. The van der Waals surface area contributed by atoms with Crippen LogP contribution >= 0.6 is 0 Å². The second kappa shape index (κ2) is 5.83. The number of likely N-dealkylation sites (N-methyl/N-ethyl adjacent to an activating group) is 2. The highest BCUT2D eigenvalue weighted by Crippen LogP contribution is 2.40. The van der Waals surface area contributed by atoms with Crippen molar-refractivity contribution in [2.75, 3.05) is 25.0 Å². The van der Waals surface area contributed by atoms with Crippen molar-refractivity contribution in [2.45, 2.75) is 32.2 Å². The SMILES string of the molecule is CCN(CC(NC)(C(=O)O)C1CC1)c1ccc(C)cc1. The first kappa shape index (κ1) is 14.9. The van der Waals surface area contributed by atoms with Crippen molar-refractivity contribution in [3.8, 4) is 0 Å². The first-order valence-electron chi connectivity index (χ1n) is 7.27. The number of carboxylic acid groups (broad SMARTS) is 1. The zero-order valence-electron chi connectivity index (χ0n) is 12.5. The topological polar surface area (TPSA) is 52.6 Å². The van der Waals surface area contributed by atoms with Crippen LogP contribution in [0, 0.1) is 12.8 Å². The quantitative estimate of drug-likeness (QED) is 0.802. The van der Waals surface area contributed by atoms with E-state index in [1.807, 2.05) is 0 Å². The van der Waals surface area contributed by atoms with Crippen molar-refractivity contribution >= 4 is 11.7 Å². The molecule has 1 aliphatic carbocycles. The van der Waals surface area contributed by atoms with Gasteiger partial charge in [-0.1, -0.05) is 17.7 Å². The molecule has 1 unspecified atom stereocenters. The highest BCUT2D eigenvalue weighted by molar-refractivity contribution is 5.81. The maximum atomic E-state index is 11.8. The van der Waals surface area contributed by atoms with Gasteiger partial charge in [-0.05, 0) is 51.8 Å². The lowest BCUT2D eigenvalue weighted by atomic mass is 9.92. The van der Waals surface area contributed by atoms with Crippen LogP contribution in [0.5, 0.6) is 0 Å². The van der Waals surface area contributed by atoms with Crippen molar-refractivity contribution in [2.24, 2.45) is 5.92 Å². The van der Waals surface area contributed by atoms with Gasteiger partial charge in [0.2, 0.25) is 0 Å². The lowest BCUT2D eigenvalue weighted by Crippen LogP contribution is -2.59. The van der Waals surface area contributed by atoms with Crippen LogP contribution in [0.2, 0.25) is 0 Å². The number of nitrogens with one attached hydrogen (secondary N) is 1. The number of anilines is 1. The van der Waals surface area contributed by atoms with Crippen LogP contribution < -0.4 is 10.2 Å². The monoisotopic (exact) mass is 276 g/mol. The molecule has 1 atom stereocenters. The van der Waals surface area contributed by atoms with E-state index in [-0.39, 0.29) is 5.92 Å². The van der Waals surface area contributed by atoms with E-state index in [0.29, 0.717) is 6.54 Å². The molecule has 1 saturated carbocycles. The number of hydrogen-bond donors (Lipinski definition) is 2. The predicted octanol–water partition coefficient (Wildman–Crippen LogP) is 2.27. The largest absolute Gasteiger partial charge is 0.480 e. The van der Waals surface area contributed by atoms with Gasteiger partial charge in [-0.25, -0.2) is 0 Å². The van der Waals surface area contributed by atoms with Crippen LogP contribution in [0.1, 0.15) is 25.3 Å². The van der Waals surface area contributed by atoms with Crippen LogP contribution in [0.25, 0.3) is 0 Å². The Morgan fingerprint density at radius 3 is 2.40 bits per heavy atom. The number of aliphatic carboxylic acids is 1. The Bertz CT molecular complexity index is 468. The predicted molar refractivity (Wildman–Crippen MR) is 81.2 cm³/mol. The van der Waals surface area contributed by atoms with Gasteiger partial charge in [0.25, 0.3) is 0 Å². The molecule has 0 heterocycles. The van der Waals surface area contributed by atoms with E-state index in [2.05, 4.69) is 48.3 Å². The molecule has 1 aromatic carbocycles. The molecule has 0 saturated heterocycles. The van der Waals surface area contributed by atoms with Crippen LogP contribution in [-0.2, 0) is 4.79 Å². The van der Waals surface area contributed by atoms with Crippen molar-refractivity contribution in [1.82, 2.24) is 5.32 Å². The van der Waals surface area contributed by atoms with Gasteiger partial charge in [0, 0.05) is 18.8 Å². The number of carbonyl (C=O) groups is 1. The summed E-state index contributed by atoms with van der Waals surface area (Å²) in [5, 5.41) is 12.8. The Balaban J connectivity index is 2.23. The zero-order valence-corrected chi connectivity index (χ0v) is 12.5. The van der Waals surface area contributed by atoms with Gasteiger partial charge >= 0.3 is 5.97 Å². The lowest BCUT2D eigenvalue weighted by molar-refractivity contribution is -0.145. The third kappa shape index (κ3) is 2.80. The molecule has 0 bridgehead atoms. The normalized spacial score (nSPS) is 17.6. The van der Waals surface area contributed by atoms with Gasteiger partial charge in [-0.2, -0.15) is 0 Å². The maximum Gasteiger partial charge on any atom is 0.326 e. The van der Waals surface area contributed by atoms with Gasteiger partial charge in [0.1, 0.15) is 5.54 Å². The summed E-state index contributed by atoms with van der Waals surface area (Å²) in [5.41, 5.74) is 1.46. The van der Waals surface area contributed by atoms with E-state index in [0.717, 1.165) is 25.1 Å². The summed E-state index contributed by atoms with van der Waals surface area (Å²) in [5.74, 6) is -0.502. The van der Waals surface area contributed by atoms with Crippen LogP contribution in [0.3, 0.4) is 0 Å². The lowest BCUT2D eigenvalue weighted by Gasteiger charge is -2.36. The average Bonchev–Trinajstić information content (AvgIpc) is 3.26. The summed E-state index contributed by atoms with van der Waals surface area (Å²) in [6.07, 6.45) is 2.00.